The lowest BCUT2D eigenvalue weighted by atomic mass is 10.0. The Morgan fingerprint density at radius 1 is 0.850 bits per heavy atom. The number of aliphatic hydroxyl groups excluding tert-OH is 1. The molecule has 8 heteroatoms. The molecule has 1 fully saturated rings. The number of piperazine rings is 1. The Hall–Kier alpha value is -3.88. The fourth-order valence-electron chi connectivity index (χ4n) is 4.73. The molecule has 8 nitrogen and oxygen atoms in total. The number of hydrogen-bond acceptors (Lipinski definition) is 5. The van der Waals surface area contributed by atoms with E-state index in [1.165, 1.54) is 0 Å². The fourth-order valence-corrected chi connectivity index (χ4v) is 4.73. The van der Waals surface area contributed by atoms with E-state index in [0.29, 0.717) is 39.1 Å². The van der Waals surface area contributed by atoms with E-state index in [0.717, 1.165) is 35.5 Å². The largest absolute Gasteiger partial charge is 0.489 e. The highest BCUT2D eigenvalue weighted by molar-refractivity contribution is 5.87. The summed E-state index contributed by atoms with van der Waals surface area (Å²) in [5.74, 6) is 0.659. The van der Waals surface area contributed by atoms with Crippen LogP contribution < -0.4 is 10.1 Å². The molecule has 40 heavy (non-hydrogen) atoms. The first kappa shape index (κ1) is 29.1. The summed E-state index contributed by atoms with van der Waals surface area (Å²) in [5, 5.41) is 12.6. The Morgan fingerprint density at radius 2 is 1.48 bits per heavy atom. The highest BCUT2D eigenvalue weighted by Crippen LogP contribution is 2.17. The van der Waals surface area contributed by atoms with Crippen molar-refractivity contribution in [2.45, 2.75) is 25.5 Å². The van der Waals surface area contributed by atoms with E-state index < -0.39 is 6.04 Å². The second-order valence-electron chi connectivity index (χ2n) is 10.2. The predicted molar refractivity (Wildman–Crippen MR) is 156 cm³/mol. The number of likely N-dealkylation sites (N-methyl/N-ethyl adjacent to an activating group) is 1. The number of hydrogen-bond donors (Lipinski definition) is 2. The van der Waals surface area contributed by atoms with E-state index >= 15 is 0 Å². The molecular weight excluding hydrogens is 504 g/mol. The molecule has 0 aliphatic carbocycles. The maximum absolute atomic E-state index is 13.6. The van der Waals surface area contributed by atoms with E-state index in [1.807, 2.05) is 96.9 Å². The van der Waals surface area contributed by atoms with Gasteiger partial charge in [-0.25, -0.2) is 4.79 Å². The fraction of sp³-hybridized carbons (Fsp3) is 0.375. The Bertz CT molecular complexity index is 1180. The maximum atomic E-state index is 13.6. The van der Waals surface area contributed by atoms with E-state index in [4.69, 9.17) is 4.74 Å². The van der Waals surface area contributed by atoms with Crippen molar-refractivity contribution >= 4 is 11.9 Å². The van der Waals surface area contributed by atoms with Crippen LogP contribution in [0.2, 0.25) is 0 Å². The van der Waals surface area contributed by atoms with Crippen molar-refractivity contribution in [1.82, 2.24) is 20.0 Å². The molecule has 0 unspecified atom stereocenters. The number of carbonyl (C=O) groups is 2. The molecule has 0 aromatic heterocycles. The molecule has 212 valence electrons. The van der Waals surface area contributed by atoms with Crippen molar-refractivity contribution in [2.24, 2.45) is 0 Å². The first-order chi connectivity index (χ1) is 19.5. The molecule has 3 aromatic rings. The number of nitrogens with zero attached hydrogens (tertiary/aromatic N) is 3. The second kappa shape index (κ2) is 15.1. The Morgan fingerprint density at radius 3 is 2.10 bits per heavy atom. The van der Waals surface area contributed by atoms with Gasteiger partial charge in [0.1, 0.15) is 18.4 Å². The van der Waals surface area contributed by atoms with Gasteiger partial charge in [0.25, 0.3) is 0 Å². The number of nitrogens with one attached hydrogen (secondary N) is 1. The van der Waals surface area contributed by atoms with Gasteiger partial charge in [0.2, 0.25) is 5.91 Å². The van der Waals surface area contributed by atoms with Crippen molar-refractivity contribution in [3.63, 3.8) is 0 Å². The molecule has 3 amide bonds. The van der Waals surface area contributed by atoms with Crippen LogP contribution in [0, 0.1) is 0 Å². The van der Waals surface area contributed by atoms with E-state index in [9.17, 15) is 14.7 Å². The van der Waals surface area contributed by atoms with Crippen LogP contribution in [0.4, 0.5) is 4.79 Å². The second-order valence-corrected chi connectivity index (χ2v) is 10.2. The van der Waals surface area contributed by atoms with Gasteiger partial charge >= 0.3 is 6.03 Å². The normalized spacial score (nSPS) is 14.4. The number of carbonyl (C=O) groups excluding carboxylic acids is 2. The van der Waals surface area contributed by atoms with Crippen LogP contribution >= 0.6 is 0 Å². The van der Waals surface area contributed by atoms with Gasteiger partial charge in [-0.3, -0.25) is 4.79 Å². The quantitative estimate of drug-likeness (QED) is 0.366. The van der Waals surface area contributed by atoms with Gasteiger partial charge in [0, 0.05) is 45.7 Å². The first-order valence-electron chi connectivity index (χ1n) is 13.9. The number of ether oxygens (including phenoxy) is 1. The molecule has 0 radical (unpaired) electrons. The molecule has 1 aliphatic rings. The molecule has 3 aromatic carbocycles. The number of aliphatic hydroxyl groups is 1. The van der Waals surface area contributed by atoms with Gasteiger partial charge in [0.15, 0.2) is 0 Å². The van der Waals surface area contributed by atoms with Crippen molar-refractivity contribution in [2.75, 3.05) is 52.9 Å². The van der Waals surface area contributed by atoms with E-state index in [2.05, 4.69) is 10.2 Å². The average molecular weight is 545 g/mol. The lowest BCUT2D eigenvalue weighted by Gasteiger charge is -2.35. The predicted octanol–water partition coefficient (Wildman–Crippen LogP) is 3.20. The zero-order valence-corrected chi connectivity index (χ0v) is 23.2. The molecule has 0 saturated carbocycles. The molecule has 1 aliphatic heterocycles. The zero-order chi connectivity index (χ0) is 28.2. The van der Waals surface area contributed by atoms with E-state index in [-0.39, 0.29) is 25.1 Å². The minimum atomic E-state index is -0.718. The van der Waals surface area contributed by atoms with Gasteiger partial charge in [0.05, 0.1) is 6.61 Å². The minimum absolute atomic E-state index is 0.0853. The van der Waals surface area contributed by atoms with Crippen molar-refractivity contribution in [3.8, 4) is 5.75 Å². The summed E-state index contributed by atoms with van der Waals surface area (Å²) >= 11 is 0. The lowest BCUT2D eigenvalue weighted by molar-refractivity contribution is -0.134. The van der Waals surface area contributed by atoms with Crippen LogP contribution in [-0.2, 0) is 24.2 Å². The average Bonchev–Trinajstić information content (AvgIpc) is 2.99. The van der Waals surface area contributed by atoms with Crippen molar-refractivity contribution in [1.29, 1.82) is 0 Å². The highest BCUT2D eigenvalue weighted by atomic mass is 16.5. The molecule has 4 rings (SSSR count). The molecular formula is C32H40N4O4. The van der Waals surface area contributed by atoms with Gasteiger partial charge in [-0.1, -0.05) is 72.8 Å². The lowest BCUT2D eigenvalue weighted by Crippen LogP contribution is -2.57. The van der Waals surface area contributed by atoms with Gasteiger partial charge < -0.3 is 29.9 Å². The number of urea groups is 1. The number of rotatable bonds is 12. The summed E-state index contributed by atoms with van der Waals surface area (Å²) in [6, 6.07) is 26.5. The summed E-state index contributed by atoms with van der Waals surface area (Å²) < 4.78 is 5.91. The topological polar surface area (TPSA) is 85.4 Å². The summed E-state index contributed by atoms with van der Waals surface area (Å²) in [5.41, 5.74) is 3.13. The van der Waals surface area contributed by atoms with Crippen LogP contribution in [0.3, 0.4) is 0 Å². The van der Waals surface area contributed by atoms with Gasteiger partial charge in [-0.05, 0) is 42.3 Å². The Labute approximate surface area is 237 Å². The van der Waals surface area contributed by atoms with Gasteiger partial charge in [-0.15, -0.1) is 0 Å². The van der Waals surface area contributed by atoms with Crippen LogP contribution in [0.15, 0.2) is 84.9 Å². The van der Waals surface area contributed by atoms with Crippen LogP contribution in [0.5, 0.6) is 5.75 Å². The number of amides is 3. The molecule has 1 saturated heterocycles. The Balaban J connectivity index is 1.42. The molecule has 2 N–H and O–H groups in total. The summed E-state index contributed by atoms with van der Waals surface area (Å²) in [4.78, 5) is 32.6. The van der Waals surface area contributed by atoms with Gasteiger partial charge in [-0.2, -0.15) is 0 Å². The molecule has 1 heterocycles. The summed E-state index contributed by atoms with van der Waals surface area (Å²) in [6.45, 7) is 3.82. The van der Waals surface area contributed by atoms with Crippen molar-refractivity contribution in [3.05, 3.63) is 102 Å². The smallest absolute Gasteiger partial charge is 0.318 e. The SMILES string of the molecule is CN1CCN(C(=O)[C@H](Cc2ccc(OCc3ccccc3)cc2)NC(=O)N(CCO)CCc2ccccc2)CC1. The number of benzene rings is 3. The molecule has 0 bridgehead atoms. The minimum Gasteiger partial charge on any atom is -0.489 e. The third-order valence-electron chi connectivity index (χ3n) is 7.19. The Kier molecular flexibility index (Phi) is 11.0. The zero-order valence-electron chi connectivity index (χ0n) is 23.2. The molecule has 0 spiro atoms. The highest BCUT2D eigenvalue weighted by Gasteiger charge is 2.29. The summed E-state index contributed by atoms with van der Waals surface area (Å²) in [6.07, 6.45) is 1.03. The van der Waals surface area contributed by atoms with Crippen LogP contribution in [0.25, 0.3) is 0 Å². The van der Waals surface area contributed by atoms with Crippen LogP contribution in [-0.4, -0.2) is 90.7 Å². The third kappa shape index (κ3) is 8.83. The van der Waals surface area contributed by atoms with Crippen LogP contribution in [0.1, 0.15) is 16.7 Å². The standard InChI is InChI=1S/C32H40N4O4/c1-34-18-20-35(21-19-34)31(38)30(33-32(39)36(22-23-37)17-16-26-8-4-2-5-9-26)24-27-12-14-29(15-13-27)40-25-28-10-6-3-7-11-28/h2-15,30,37H,16-25H2,1H3,(H,33,39)/t30-/m0/s1. The monoisotopic (exact) mass is 544 g/mol. The van der Waals surface area contributed by atoms with Crippen molar-refractivity contribution < 1.29 is 19.4 Å². The van der Waals surface area contributed by atoms with E-state index in [1.54, 1.807) is 4.90 Å². The third-order valence-corrected chi connectivity index (χ3v) is 7.19. The first-order valence-corrected chi connectivity index (χ1v) is 13.9. The molecule has 1 atom stereocenters. The maximum Gasteiger partial charge on any atom is 0.318 e. The summed E-state index contributed by atoms with van der Waals surface area (Å²) in [7, 11) is 2.04.